The molecule has 17 aromatic carbocycles. The summed E-state index contributed by atoms with van der Waals surface area (Å²) in [6.45, 7) is 23.2. The van der Waals surface area contributed by atoms with E-state index in [1.54, 1.807) is 0 Å². The normalized spacial score (nSPS) is 14.4. The minimum absolute atomic E-state index is 0.0318. The highest BCUT2D eigenvalue weighted by Gasteiger charge is 2.48. The van der Waals surface area contributed by atoms with Crippen LogP contribution in [0.25, 0.3) is 122 Å². The fourth-order valence-corrected chi connectivity index (χ4v) is 22.0. The molecule has 0 saturated carbocycles. The van der Waals surface area contributed by atoms with E-state index in [0.29, 0.717) is 0 Å². The van der Waals surface area contributed by atoms with Crippen molar-refractivity contribution in [3.63, 3.8) is 0 Å². The summed E-state index contributed by atoms with van der Waals surface area (Å²) < 4.78 is 20.8. The summed E-state index contributed by atoms with van der Waals surface area (Å²) in [6, 6.07) is 138. The molecule has 6 nitrogen and oxygen atoms in total. The third kappa shape index (κ3) is 11.8. The van der Waals surface area contributed by atoms with E-state index in [2.05, 4.69) is 452 Å². The lowest BCUT2D eigenvalue weighted by atomic mass is 9.33. The lowest BCUT2D eigenvalue weighted by Crippen LogP contribution is -2.61. The standard InChI is InChI=1S/C118H94B2N4O2/c1-115(2,3)80-51-57-101-92(68-80)93-69-81(116(4,5)6)52-58-102(93)123(101)84-54-55-95-103(70-84)121(82-38-21-14-22-39-82)105-66-79(67-106-112(105)119(95)96-56-53-83(122-99-47-28-25-41-88(99)89-42-26-29-48-100(89)122)71-104(96)124(106)85-63-77(73-32-15-11-16-33-73)62-78(64-85)74-34-17-12-18-35-74)91-72-109-113-114(110(91)90-43-24-23-40-86(90)75-36-19-13-20-37-75)126-107-49-30-27-46-97(107)120(113)98-65-76(50-59-108(98)125-109)87-44-31-45-94-111(87)118(9,10)61-60-117(94,7)8/h11-59,62-72H,60-61H2,1-10H3. The van der Waals surface area contributed by atoms with Crippen LogP contribution < -0.4 is 52.1 Å². The first-order valence-electron chi connectivity index (χ1n) is 44.8. The van der Waals surface area contributed by atoms with Crippen LogP contribution >= 0.6 is 0 Å². The summed E-state index contributed by atoms with van der Waals surface area (Å²) in [4.78, 5) is 5.24. The first-order valence-corrected chi connectivity index (χ1v) is 44.8. The molecule has 4 aliphatic heterocycles. The average molecular weight is 1620 g/mol. The summed E-state index contributed by atoms with van der Waals surface area (Å²) in [7, 11) is 0. The first kappa shape index (κ1) is 75.4. The number of nitrogens with zero attached hydrogens (tertiary/aromatic N) is 4. The molecule has 8 heteroatoms. The Balaban J connectivity index is 0.830. The van der Waals surface area contributed by atoms with Crippen molar-refractivity contribution >= 4 is 124 Å². The van der Waals surface area contributed by atoms with E-state index in [-0.39, 0.29) is 35.1 Å². The predicted octanol–water partition coefficient (Wildman–Crippen LogP) is 27.6. The molecule has 0 spiro atoms. The van der Waals surface area contributed by atoms with Crippen LogP contribution in [0.1, 0.15) is 104 Å². The molecular formula is C118H94B2N4O2. The highest BCUT2D eigenvalue weighted by atomic mass is 16.5. The number of hydrogen-bond acceptors (Lipinski definition) is 4. The van der Waals surface area contributed by atoms with Crippen LogP contribution in [-0.2, 0) is 21.7 Å². The SMILES string of the molecule is CC(C)(C)c1ccc2c(c1)c1cc(C(C)(C)C)ccc1n2-c1ccc2c(c1)N(c1ccccc1)c1cc(-c3cc4c5c(c3-c3ccccc3-c3ccccc3)Oc3ccccc3B5c3cc(-c5cccc6c5C(C)(C)CCC6(C)C)ccc3O4)cc3c1B2c1ccc(-n2c4ccccc4c4ccccc42)cc1N3c1cc(-c2ccccc2)cc(-c2ccccc2)c1. The van der Waals surface area contributed by atoms with Crippen molar-refractivity contribution in [2.75, 3.05) is 9.80 Å². The summed E-state index contributed by atoms with van der Waals surface area (Å²) >= 11 is 0. The minimum Gasteiger partial charge on any atom is -0.458 e. The predicted molar refractivity (Wildman–Crippen MR) is 532 cm³/mol. The molecule has 0 saturated heterocycles. The van der Waals surface area contributed by atoms with Gasteiger partial charge in [0, 0.05) is 78.1 Å². The Hall–Kier alpha value is -14.3. The van der Waals surface area contributed by atoms with Crippen LogP contribution in [0.2, 0.25) is 0 Å². The van der Waals surface area contributed by atoms with Crippen LogP contribution in [0, 0.1) is 0 Å². The molecule has 604 valence electrons. The van der Waals surface area contributed by atoms with Gasteiger partial charge in [-0.05, 0) is 267 Å². The largest absolute Gasteiger partial charge is 0.458 e. The number of rotatable bonds is 10. The van der Waals surface area contributed by atoms with Crippen LogP contribution in [0.4, 0.5) is 34.1 Å². The van der Waals surface area contributed by atoms with E-state index in [4.69, 9.17) is 9.47 Å². The Morgan fingerprint density at radius 3 is 1.37 bits per heavy atom. The zero-order chi connectivity index (χ0) is 85.0. The molecule has 2 aromatic heterocycles. The monoisotopic (exact) mass is 1620 g/mol. The second kappa shape index (κ2) is 28.1. The Morgan fingerprint density at radius 1 is 0.278 bits per heavy atom. The highest BCUT2D eigenvalue weighted by molar-refractivity contribution is 7.00. The van der Waals surface area contributed by atoms with E-state index < -0.39 is 0 Å². The van der Waals surface area contributed by atoms with Crippen molar-refractivity contribution in [2.45, 2.75) is 104 Å². The van der Waals surface area contributed by atoms with E-state index in [0.717, 1.165) is 164 Å². The third-order valence-corrected chi connectivity index (χ3v) is 28.3. The second-order valence-corrected chi connectivity index (χ2v) is 38.9. The maximum atomic E-state index is 7.96. The number of benzene rings is 17. The second-order valence-electron chi connectivity index (χ2n) is 38.9. The number of para-hydroxylation sites is 4. The van der Waals surface area contributed by atoms with Gasteiger partial charge < -0.3 is 28.4 Å². The van der Waals surface area contributed by atoms with Gasteiger partial charge in [0.15, 0.2) is 0 Å². The van der Waals surface area contributed by atoms with Gasteiger partial charge >= 0.3 is 0 Å². The van der Waals surface area contributed by atoms with Gasteiger partial charge in [-0.1, -0.05) is 312 Å². The number of ether oxygens (including phenoxy) is 2. The molecule has 0 bridgehead atoms. The molecule has 126 heavy (non-hydrogen) atoms. The van der Waals surface area contributed by atoms with Crippen LogP contribution in [0.15, 0.2) is 364 Å². The highest BCUT2D eigenvalue weighted by Crippen LogP contribution is 2.56. The van der Waals surface area contributed by atoms with Crippen molar-refractivity contribution in [3.05, 3.63) is 386 Å². The first-order chi connectivity index (χ1) is 61.2. The lowest BCUT2D eigenvalue weighted by Gasteiger charge is -2.45. The van der Waals surface area contributed by atoms with Crippen LogP contribution in [-0.4, -0.2) is 22.6 Å². The van der Waals surface area contributed by atoms with Crippen molar-refractivity contribution in [2.24, 2.45) is 0 Å². The van der Waals surface area contributed by atoms with Gasteiger partial charge in [-0.2, -0.15) is 0 Å². The third-order valence-electron chi connectivity index (χ3n) is 28.3. The van der Waals surface area contributed by atoms with Gasteiger partial charge in [0.2, 0.25) is 0 Å². The topological polar surface area (TPSA) is 34.8 Å². The fraction of sp³-hybridized carbons (Fsp3) is 0.136. The van der Waals surface area contributed by atoms with Gasteiger partial charge in [0.1, 0.15) is 23.0 Å². The zero-order valence-electron chi connectivity index (χ0n) is 72.8. The summed E-state index contributed by atoms with van der Waals surface area (Å²) in [5, 5.41) is 4.91. The Bertz CT molecular complexity index is 7570. The molecule has 0 atom stereocenters. The van der Waals surface area contributed by atoms with Crippen LogP contribution in [0.3, 0.4) is 0 Å². The fourth-order valence-electron chi connectivity index (χ4n) is 22.0. The Labute approximate surface area is 738 Å². The Morgan fingerprint density at radius 2 is 0.770 bits per heavy atom. The number of anilines is 6. The quantitative estimate of drug-likeness (QED) is 0.128. The van der Waals surface area contributed by atoms with Crippen molar-refractivity contribution in [3.8, 4) is 101 Å². The Kier molecular flexibility index (Phi) is 16.8. The molecule has 24 rings (SSSR count). The van der Waals surface area contributed by atoms with E-state index in [1.165, 1.54) is 82.3 Å². The van der Waals surface area contributed by atoms with E-state index >= 15 is 0 Å². The van der Waals surface area contributed by atoms with Crippen LogP contribution in [0.5, 0.6) is 23.0 Å². The maximum Gasteiger partial charge on any atom is 0.260 e. The maximum absolute atomic E-state index is 7.96. The molecule has 1 aliphatic carbocycles. The molecule has 0 unspecified atom stereocenters. The van der Waals surface area contributed by atoms with E-state index in [1.807, 2.05) is 0 Å². The molecule has 0 N–H and O–H groups in total. The van der Waals surface area contributed by atoms with Crippen molar-refractivity contribution in [1.29, 1.82) is 0 Å². The lowest BCUT2D eigenvalue weighted by molar-refractivity contribution is 0.333. The van der Waals surface area contributed by atoms with Gasteiger partial charge in [0.05, 0.1) is 22.1 Å². The summed E-state index contributed by atoms with van der Waals surface area (Å²) in [5.74, 6) is 3.19. The van der Waals surface area contributed by atoms with E-state index in [9.17, 15) is 0 Å². The molecule has 6 heterocycles. The number of aromatic nitrogens is 2. The summed E-state index contributed by atoms with van der Waals surface area (Å²) in [6.07, 6.45) is 2.24. The molecule has 5 aliphatic rings. The van der Waals surface area contributed by atoms with Crippen molar-refractivity contribution in [1.82, 2.24) is 9.13 Å². The molecule has 0 radical (unpaired) electrons. The summed E-state index contributed by atoms with van der Waals surface area (Å²) in [5.41, 5.74) is 38.4. The van der Waals surface area contributed by atoms with Gasteiger partial charge in [-0.3, -0.25) is 0 Å². The number of fused-ring (bicyclic) bond motifs is 15. The van der Waals surface area contributed by atoms with Crippen molar-refractivity contribution < 1.29 is 9.47 Å². The smallest absolute Gasteiger partial charge is 0.260 e. The molecule has 19 aromatic rings. The van der Waals surface area contributed by atoms with Gasteiger partial charge in [0.25, 0.3) is 13.4 Å². The van der Waals surface area contributed by atoms with Gasteiger partial charge in [-0.15, -0.1) is 0 Å². The zero-order valence-corrected chi connectivity index (χ0v) is 72.8. The molecule has 0 amide bonds. The average Bonchev–Trinajstić information content (AvgIpc) is 0.919. The number of hydrogen-bond donors (Lipinski definition) is 0. The molecular weight excluding hydrogens is 1530 g/mol. The van der Waals surface area contributed by atoms with Gasteiger partial charge in [-0.25, -0.2) is 0 Å². The molecule has 0 fully saturated rings. The minimum atomic E-state index is -0.300.